The quantitative estimate of drug-likeness (QED) is 0.476. The molecule has 0 bridgehead atoms. The summed E-state index contributed by atoms with van der Waals surface area (Å²) >= 11 is 5.40. The lowest BCUT2D eigenvalue weighted by atomic mass is 10.0. The van der Waals surface area contributed by atoms with Gasteiger partial charge >= 0.3 is 0 Å². The molecule has 28 heavy (non-hydrogen) atoms. The highest BCUT2D eigenvalue weighted by atomic mass is 32.1. The second-order valence-electron chi connectivity index (χ2n) is 6.32. The largest absolute Gasteiger partial charge is 0.495 e. The zero-order valence-electron chi connectivity index (χ0n) is 15.4. The van der Waals surface area contributed by atoms with E-state index < -0.39 is 0 Å². The van der Waals surface area contributed by atoms with Crippen LogP contribution in [0.2, 0.25) is 0 Å². The number of ether oxygens (including phenoxy) is 1. The number of para-hydroxylation sites is 2. The van der Waals surface area contributed by atoms with Crippen LogP contribution in [0.3, 0.4) is 0 Å². The second-order valence-corrected chi connectivity index (χ2v) is 6.72. The van der Waals surface area contributed by atoms with E-state index in [0.29, 0.717) is 17.5 Å². The van der Waals surface area contributed by atoms with Gasteiger partial charge in [0.1, 0.15) is 5.75 Å². The fourth-order valence-corrected chi connectivity index (χ4v) is 3.35. The molecule has 0 spiro atoms. The van der Waals surface area contributed by atoms with Crippen LogP contribution in [0.25, 0.3) is 10.8 Å². The van der Waals surface area contributed by atoms with Crippen LogP contribution in [-0.4, -0.2) is 22.0 Å². The third-order valence-electron chi connectivity index (χ3n) is 4.45. The Morgan fingerprint density at radius 3 is 2.64 bits per heavy atom. The van der Waals surface area contributed by atoms with Gasteiger partial charge in [0.15, 0.2) is 10.9 Å². The predicted molar refractivity (Wildman–Crippen MR) is 118 cm³/mol. The Morgan fingerprint density at radius 2 is 1.75 bits per heavy atom. The highest BCUT2D eigenvalue weighted by molar-refractivity contribution is 7.80. The third-order valence-corrected chi connectivity index (χ3v) is 4.65. The smallest absolute Gasteiger partial charge is 0.176 e. The third kappa shape index (κ3) is 3.97. The summed E-state index contributed by atoms with van der Waals surface area (Å²) < 4.78 is 7.23. The molecule has 0 saturated carbocycles. The first-order chi connectivity index (χ1) is 13.7. The molecule has 0 amide bonds. The minimum Gasteiger partial charge on any atom is -0.495 e. The summed E-state index contributed by atoms with van der Waals surface area (Å²) in [7, 11) is 1.63. The van der Waals surface area contributed by atoms with Crippen molar-refractivity contribution in [1.82, 2.24) is 9.78 Å². The molecule has 0 aliphatic carbocycles. The molecule has 4 rings (SSSR count). The van der Waals surface area contributed by atoms with Gasteiger partial charge < -0.3 is 15.4 Å². The molecule has 3 aromatic carbocycles. The molecule has 0 atom stereocenters. The lowest BCUT2D eigenvalue weighted by Gasteiger charge is -2.12. The molecule has 0 aliphatic rings. The molecule has 0 radical (unpaired) electrons. The lowest BCUT2D eigenvalue weighted by molar-refractivity contribution is 0.417. The van der Waals surface area contributed by atoms with Crippen LogP contribution >= 0.6 is 12.2 Å². The van der Waals surface area contributed by atoms with E-state index in [1.807, 2.05) is 41.2 Å². The van der Waals surface area contributed by atoms with Crippen molar-refractivity contribution in [3.05, 3.63) is 84.6 Å². The number of nitrogens with one attached hydrogen (secondary N) is 2. The van der Waals surface area contributed by atoms with E-state index in [2.05, 4.69) is 58.2 Å². The molecule has 1 aromatic heterocycles. The molecular weight excluding hydrogens is 368 g/mol. The Balaban J connectivity index is 1.45. The van der Waals surface area contributed by atoms with Gasteiger partial charge in [0.2, 0.25) is 0 Å². The van der Waals surface area contributed by atoms with Gasteiger partial charge in [0.05, 0.1) is 19.3 Å². The Bertz CT molecular complexity index is 1120. The molecule has 5 nitrogen and oxygen atoms in total. The van der Waals surface area contributed by atoms with Crippen LogP contribution in [0, 0.1) is 0 Å². The average Bonchev–Trinajstić information content (AvgIpc) is 3.15. The maximum absolute atomic E-state index is 5.40. The molecule has 0 saturated heterocycles. The summed E-state index contributed by atoms with van der Waals surface area (Å²) in [5.41, 5.74) is 2.03. The van der Waals surface area contributed by atoms with Gasteiger partial charge in [-0.15, -0.1) is 0 Å². The summed E-state index contributed by atoms with van der Waals surface area (Å²) in [5.74, 6) is 1.42. The Kier molecular flexibility index (Phi) is 5.21. The topological polar surface area (TPSA) is 51.1 Å². The second kappa shape index (κ2) is 8.10. The highest BCUT2D eigenvalue weighted by Crippen LogP contribution is 2.23. The fraction of sp³-hybridized carbons (Fsp3) is 0.0909. The normalized spacial score (nSPS) is 10.6. The lowest BCUT2D eigenvalue weighted by Crippen LogP contribution is -2.20. The molecule has 0 unspecified atom stereocenters. The van der Waals surface area contributed by atoms with E-state index in [1.165, 1.54) is 16.3 Å². The van der Waals surface area contributed by atoms with Crippen molar-refractivity contribution >= 4 is 39.6 Å². The van der Waals surface area contributed by atoms with Crippen LogP contribution < -0.4 is 15.4 Å². The molecule has 0 fully saturated rings. The van der Waals surface area contributed by atoms with Gasteiger partial charge in [0.25, 0.3) is 0 Å². The van der Waals surface area contributed by atoms with Crippen molar-refractivity contribution in [1.29, 1.82) is 0 Å². The number of anilines is 2. The molecule has 4 aromatic rings. The van der Waals surface area contributed by atoms with Crippen LogP contribution in [-0.2, 0) is 6.54 Å². The molecule has 1 heterocycles. The van der Waals surface area contributed by atoms with Gasteiger partial charge in [-0.2, -0.15) is 5.10 Å². The van der Waals surface area contributed by atoms with Gasteiger partial charge in [-0.25, -0.2) is 0 Å². The van der Waals surface area contributed by atoms with Crippen LogP contribution in [0.15, 0.2) is 79.0 Å². The highest BCUT2D eigenvalue weighted by Gasteiger charge is 2.07. The van der Waals surface area contributed by atoms with Crippen molar-refractivity contribution in [2.24, 2.45) is 0 Å². The van der Waals surface area contributed by atoms with Crippen molar-refractivity contribution in [2.75, 3.05) is 17.7 Å². The first-order valence-corrected chi connectivity index (χ1v) is 9.35. The first kappa shape index (κ1) is 18.0. The van der Waals surface area contributed by atoms with E-state index in [1.54, 1.807) is 7.11 Å². The number of hydrogen-bond donors (Lipinski definition) is 2. The number of thiocarbonyl (C=S) groups is 1. The average molecular weight is 388 g/mol. The summed E-state index contributed by atoms with van der Waals surface area (Å²) in [5, 5.41) is 13.8. The van der Waals surface area contributed by atoms with Gasteiger partial charge in [0, 0.05) is 12.3 Å². The standard InChI is InChI=1S/C22H20N4OS/c1-27-20-12-5-4-11-19(20)23-22(28)24-21-13-14-26(25-21)15-17-9-6-8-16-7-2-3-10-18(16)17/h2-14H,15H2,1H3,(H2,23,24,25,28). The molecule has 0 aliphatic heterocycles. The van der Waals surface area contributed by atoms with Crippen molar-refractivity contribution in [3.63, 3.8) is 0 Å². The predicted octanol–water partition coefficient (Wildman–Crippen LogP) is 4.90. The molecule has 140 valence electrons. The monoisotopic (exact) mass is 388 g/mol. The molecule has 6 heteroatoms. The van der Waals surface area contributed by atoms with Gasteiger partial charge in [-0.3, -0.25) is 4.68 Å². The van der Waals surface area contributed by atoms with Gasteiger partial charge in [-0.1, -0.05) is 54.6 Å². The number of nitrogens with zero attached hydrogens (tertiary/aromatic N) is 2. The summed E-state index contributed by atoms with van der Waals surface area (Å²) in [4.78, 5) is 0. The van der Waals surface area contributed by atoms with E-state index in [4.69, 9.17) is 17.0 Å². The van der Waals surface area contributed by atoms with E-state index >= 15 is 0 Å². The van der Waals surface area contributed by atoms with E-state index in [-0.39, 0.29) is 0 Å². The number of aromatic nitrogens is 2. The number of rotatable bonds is 5. The maximum atomic E-state index is 5.40. The molecule has 2 N–H and O–H groups in total. The number of fused-ring (bicyclic) bond motifs is 1. The van der Waals surface area contributed by atoms with Crippen LogP contribution in [0.4, 0.5) is 11.5 Å². The van der Waals surface area contributed by atoms with E-state index in [0.717, 1.165) is 11.4 Å². The van der Waals surface area contributed by atoms with E-state index in [9.17, 15) is 0 Å². The maximum Gasteiger partial charge on any atom is 0.176 e. The summed E-state index contributed by atoms with van der Waals surface area (Å²) in [6.07, 6.45) is 1.94. The number of hydrogen-bond acceptors (Lipinski definition) is 3. The Labute approximate surface area is 169 Å². The van der Waals surface area contributed by atoms with Crippen molar-refractivity contribution < 1.29 is 4.74 Å². The molecular formula is C22H20N4OS. The summed E-state index contributed by atoms with van der Waals surface area (Å²) in [6, 6.07) is 24.2. The minimum absolute atomic E-state index is 0.458. The first-order valence-electron chi connectivity index (χ1n) is 8.94. The van der Waals surface area contributed by atoms with Crippen molar-refractivity contribution in [2.45, 2.75) is 6.54 Å². The van der Waals surface area contributed by atoms with Gasteiger partial charge in [-0.05, 0) is 40.7 Å². The van der Waals surface area contributed by atoms with Crippen LogP contribution in [0.1, 0.15) is 5.56 Å². The summed E-state index contributed by atoms with van der Waals surface area (Å²) in [6.45, 7) is 0.690. The van der Waals surface area contributed by atoms with Crippen molar-refractivity contribution in [3.8, 4) is 5.75 Å². The number of benzene rings is 3. The van der Waals surface area contributed by atoms with Crippen LogP contribution in [0.5, 0.6) is 5.75 Å². The SMILES string of the molecule is COc1ccccc1NC(=S)Nc1ccn(Cc2cccc3ccccc23)n1. The zero-order valence-corrected chi connectivity index (χ0v) is 16.2. The fourth-order valence-electron chi connectivity index (χ4n) is 3.14. The minimum atomic E-state index is 0.458. The Hall–Kier alpha value is -3.38. The Morgan fingerprint density at radius 1 is 0.964 bits per heavy atom. The number of methoxy groups -OCH3 is 1. The zero-order chi connectivity index (χ0) is 19.3.